The molecule has 0 fully saturated rings. The number of benzene rings is 1. The van der Waals surface area contributed by atoms with Crippen molar-refractivity contribution in [1.82, 2.24) is 41.2 Å². The molecule has 1 aromatic carbocycles. The quantitative estimate of drug-likeness (QED) is 0.0669. The van der Waals surface area contributed by atoms with Crippen LogP contribution < -0.4 is 43.6 Å². The Hall–Kier alpha value is -6.18. The Morgan fingerprint density at radius 2 is 1.67 bits per heavy atom. The van der Waals surface area contributed by atoms with Crippen molar-refractivity contribution >= 4 is 58.4 Å². The highest BCUT2D eigenvalue weighted by atomic mass is 16.4. The Morgan fingerprint density at radius 1 is 0.979 bits per heavy atom. The lowest BCUT2D eigenvalue weighted by Gasteiger charge is -2.22. The van der Waals surface area contributed by atoms with E-state index in [4.69, 9.17) is 21.7 Å². The van der Waals surface area contributed by atoms with Gasteiger partial charge in [-0.15, -0.1) is 0 Å². The molecule has 0 saturated heterocycles. The van der Waals surface area contributed by atoms with Crippen molar-refractivity contribution in [3.8, 4) is 0 Å². The SMILES string of the molecule is C[C@H](NC(=O)[C@H](CC(=O)O)NC(=O)[C@H](CN)NC(=O)CC[CH]NC(=O)c1ccc(NCc2cnc3nc(N)[nH]c(=O)c3n2)cc1)C(=O)O. The molecule has 0 aliphatic carbocycles. The number of aromatic nitrogens is 4. The van der Waals surface area contributed by atoms with E-state index >= 15 is 0 Å². The smallest absolute Gasteiger partial charge is 0.325 e. The highest BCUT2D eigenvalue weighted by molar-refractivity contribution is 5.96. The first-order valence-electron chi connectivity index (χ1n) is 14.3. The third-order valence-corrected chi connectivity index (χ3v) is 6.48. The number of amides is 4. The molecule has 0 bridgehead atoms. The Bertz CT molecular complexity index is 1730. The van der Waals surface area contributed by atoms with Crippen LogP contribution in [-0.4, -0.2) is 90.4 Å². The Kier molecular flexibility index (Phi) is 12.8. The van der Waals surface area contributed by atoms with Gasteiger partial charge in [0.2, 0.25) is 23.7 Å². The number of nitrogens with zero attached hydrogens (tertiary/aromatic N) is 3. The number of fused-ring (bicyclic) bond motifs is 1. The zero-order valence-corrected chi connectivity index (χ0v) is 25.5. The molecule has 3 aromatic rings. The van der Waals surface area contributed by atoms with Gasteiger partial charge in [0.1, 0.15) is 18.1 Å². The number of H-pyrrole nitrogens is 1. The Morgan fingerprint density at radius 3 is 2.31 bits per heavy atom. The van der Waals surface area contributed by atoms with Gasteiger partial charge in [-0.2, -0.15) is 4.98 Å². The number of anilines is 2. The van der Waals surface area contributed by atoms with Gasteiger partial charge in [-0.25, -0.2) is 9.97 Å². The zero-order valence-electron chi connectivity index (χ0n) is 25.5. The first kappa shape index (κ1) is 36.3. The van der Waals surface area contributed by atoms with Crippen molar-refractivity contribution in [2.45, 2.75) is 50.9 Å². The summed E-state index contributed by atoms with van der Waals surface area (Å²) in [6.45, 7) is 2.35. The second kappa shape index (κ2) is 16.9. The van der Waals surface area contributed by atoms with Gasteiger partial charge in [0, 0.05) is 30.8 Å². The number of hydrogen-bond acceptors (Lipinski definition) is 13. The van der Waals surface area contributed by atoms with Crippen molar-refractivity contribution in [2.75, 3.05) is 17.6 Å². The minimum Gasteiger partial charge on any atom is -0.481 e. The number of nitrogens with one attached hydrogen (secondary N) is 6. The van der Waals surface area contributed by atoms with E-state index in [2.05, 4.69) is 46.5 Å². The summed E-state index contributed by atoms with van der Waals surface area (Å²) >= 11 is 0. The zero-order chi connectivity index (χ0) is 35.4. The van der Waals surface area contributed by atoms with Gasteiger partial charge in [0.15, 0.2) is 11.2 Å². The summed E-state index contributed by atoms with van der Waals surface area (Å²) in [6, 6.07) is 2.13. The van der Waals surface area contributed by atoms with Gasteiger partial charge in [0.05, 0.1) is 24.9 Å². The van der Waals surface area contributed by atoms with Crippen molar-refractivity contribution in [3.05, 3.63) is 58.6 Å². The van der Waals surface area contributed by atoms with Crippen LogP contribution in [0.3, 0.4) is 0 Å². The van der Waals surface area contributed by atoms with Crippen molar-refractivity contribution in [2.24, 2.45) is 5.73 Å². The molecule has 20 nitrogen and oxygen atoms in total. The van der Waals surface area contributed by atoms with Gasteiger partial charge in [0.25, 0.3) is 11.5 Å². The van der Waals surface area contributed by atoms with Crippen LogP contribution in [0.2, 0.25) is 0 Å². The number of carboxylic acids is 2. The van der Waals surface area contributed by atoms with E-state index < -0.39 is 72.2 Å². The molecule has 0 unspecified atom stereocenters. The van der Waals surface area contributed by atoms with Crippen molar-refractivity contribution in [3.63, 3.8) is 0 Å². The fraction of sp³-hybridized carbons (Fsp3) is 0.321. The van der Waals surface area contributed by atoms with Crippen LogP contribution in [0.4, 0.5) is 11.6 Å². The first-order valence-corrected chi connectivity index (χ1v) is 14.3. The lowest BCUT2D eigenvalue weighted by molar-refractivity contribution is -0.143. The summed E-state index contributed by atoms with van der Waals surface area (Å²) in [5, 5.41) is 30.3. The van der Waals surface area contributed by atoms with E-state index in [-0.39, 0.29) is 36.5 Å². The molecule has 0 aliphatic heterocycles. The number of rotatable bonds is 17. The number of carbonyl (C=O) groups is 6. The van der Waals surface area contributed by atoms with E-state index in [1.54, 1.807) is 24.3 Å². The van der Waals surface area contributed by atoms with Crippen LogP contribution in [0, 0.1) is 6.54 Å². The van der Waals surface area contributed by atoms with Gasteiger partial charge < -0.3 is 48.3 Å². The molecule has 0 saturated carbocycles. The molecule has 2 aromatic heterocycles. The van der Waals surface area contributed by atoms with Gasteiger partial charge >= 0.3 is 11.9 Å². The van der Waals surface area contributed by atoms with Crippen LogP contribution in [0.5, 0.6) is 0 Å². The second-order valence-electron chi connectivity index (χ2n) is 10.2. The van der Waals surface area contributed by atoms with E-state index in [9.17, 15) is 33.6 Å². The third kappa shape index (κ3) is 10.7. The predicted octanol–water partition coefficient (Wildman–Crippen LogP) is -2.43. The minimum absolute atomic E-state index is 0.0481. The van der Waals surface area contributed by atoms with Crippen molar-refractivity contribution < 1.29 is 39.0 Å². The molecule has 3 rings (SSSR count). The van der Waals surface area contributed by atoms with E-state index in [1.165, 1.54) is 12.7 Å². The number of aliphatic carboxylic acids is 2. The van der Waals surface area contributed by atoms with E-state index in [0.717, 1.165) is 6.92 Å². The fourth-order valence-corrected chi connectivity index (χ4v) is 3.97. The number of carboxylic acid groups (broad SMARTS) is 2. The van der Waals surface area contributed by atoms with E-state index in [1.807, 2.05) is 0 Å². The molecule has 20 heteroatoms. The summed E-state index contributed by atoms with van der Waals surface area (Å²) in [7, 11) is 0. The Labute approximate surface area is 271 Å². The molecule has 1 radical (unpaired) electrons. The number of aromatic amines is 1. The summed E-state index contributed by atoms with van der Waals surface area (Å²) in [5.74, 6) is -5.94. The predicted molar refractivity (Wildman–Crippen MR) is 168 cm³/mol. The highest BCUT2D eigenvalue weighted by Gasteiger charge is 2.29. The lowest BCUT2D eigenvalue weighted by atomic mass is 10.1. The molecule has 3 atom stereocenters. The maximum Gasteiger partial charge on any atom is 0.325 e. The number of nitrogens with two attached hydrogens (primary N) is 2. The topological polar surface area (TPSA) is 327 Å². The lowest BCUT2D eigenvalue weighted by Crippen LogP contribution is -2.57. The molecule has 0 spiro atoms. The maximum atomic E-state index is 12.6. The monoisotopic (exact) mass is 668 g/mol. The second-order valence-corrected chi connectivity index (χ2v) is 10.2. The standard InChI is InChI=1S/C28H34N11O9/c1-13(27(47)48)34-24(44)17(9-20(41)42)37-25(45)18(10-29)36-19(40)3-2-8-31-23(43)14-4-6-15(7-5-14)32-11-16-12-33-22-21(35-16)26(46)39-28(30)38-22/h4-8,12-13,17-18,32H,2-3,9-11,29H2,1H3,(H,31,43)(H,34,44)(H,36,40)(H,37,45)(H,41,42)(H,47,48)(H3,30,33,38,39,46)/t13-,17-,18-/m0/s1. The largest absolute Gasteiger partial charge is 0.481 e. The molecule has 48 heavy (non-hydrogen) atoms. The normalized spacial score (nSPS) is 12.6. The molecule has 255 valence electrons. The average molecular weight is 669 g/mol. The average Bonchev–Trinajstić information content (AvgIpc) is 3.04. The van der Waals surface area contributed by atoms with E-state index in [0.29, 0.717) is 16.9 Å². The summed E-state index contributed by atoms with van der Waals surface area (Å²) in [5.41, 5.74) is 12.2. The molecule has 2 heterocycles. The van der Waals surface area contributed by atoms with Crippen LogP contribution in [0.15, 0.2) is 35.3 Å². The number of carbonyl (C=O) groups excluding carboxylic acids is 4. The fourth-order valence-electron chi connectivity index (χ4n) is 3.97. The highest BCUT2D eigenvalue weighted by Crippen LogP contribution is 2.12. The third-order valence-electron chi connectivity index (χ3n) is 6.48. The molecule has 0 aliphatic rings. The minimum atomic E-state index is -1.62. The molecule has 4 amide bonds. The summed E-state index contributed by atoms with van der Waals surface area (Å²) < 4.78 is 0. The molecular formula is C28H34N11O9. The summed E-state index contributed by atoms with van der Waals surface area (Å²) in [6.07, 6.45) is 0.525. The van der Waals surface area contributed by atoms with Gasteiger partial charge in [-0.3, -0.25) is 38.5 Å². The van der Waals surface area contributed by atoms with Gasteiger partial charge in [-0.1, -0.05) is 0 Å². The first-order chi connectivity index (χ1) is 22.8. The van der Waals surface area contributed by atoms with Crippen LogP contribution in [0.1, 0.15) is 42.2 Å². The van der Waals surface area contributed by atoms with Crippen LogP contribution >= 0.6 is 0 Å². The van der Waals surface area contributed by atoms with Crippen LogP contribution in [-0.2, 0) is 30.5 Å². The molecular weight excluding hydrogens is 634 g/mol. The number of nitrogen functional groups attached to an aromatic ring is 1. The van der Waals surface area contributed by atoms with Crippen LogP contribution in [0.25, 0.3) is 11.2 Å². The maximum absolute atomic E-state index is 12.6. The summed E-state index contributed by atoms with van der Waals surface area (Å²) in [4.78, 5) is 98.6. The number of hydrogen-bond donors (Lipinski definition) is 10. The molecule has 12 N–H and O–H groups in total. The Balaban J connectivity index is 1.42. The van der Waals surface area contributed by atoms with Gasteiger partial charge in [-0.05, 0) is 37.6 Å². The van der Waals surface area contributed by atoms with Crippen molar-refractivity contribution in [1.29, 1.82) is 0 Å².